The Bertz CT molecular complexity index is 495. The molecule has 2 saturated heterocycles. The van der Waals surface area contributed by atoms with E-state index in [4.69, 9.17) is 0 Å². The lowest BCUT2D eigenvalue weighted by Crippen LogP contribution is -2.49. The monoisotopic (exact) mass is 381 g/mol. The van der Waals surface area contributed by atoms with Gasteiger partial charge in [0.1, 0.15) is 5.82 Å². The quantitative estimate of drug-likeness (QED) is 0.846. The summed E-state index contributed by atoms with van der Waals surface area (Å²) in [6, 6.07) is 0.0362. The summed E-state index contributed by atoms with van der Waals surface area (Å²) in [6.07, 6.45) is 4.33. The zero-order valence-corrected chi connectivity index (χ0v) is 15.8. The van der Waals surface area contributed by atoms with Crippen LogP contribution in [0, 0.1) is 6.92 Å². The number of carbonyl (C=O) groups excluding carboxylic acids is 1. The van der Waals surface area contributed by atoms with Crippen LogP contribution in [0.25, 0.3) is 0 Å². The van der Waals surface area contributed by atoms with Gasteiger partial charge in [-0.25, -0.2) is 4.98 Å². The van der Waals surface area contributed by atoms with Crippen molar-refractivity contribution in [3.63, 3.8) is 0 Å². The van der Waals surface area contributed by atoms with Gasteiger partial charge in [-0.3, -0.25) is 4.79 Å². The second-order valence-electron chi connectivity index (χ2n) is 5.79. The minimum Gasteiger partial charge on any atom is -0.345 e. The molecule has 6 nitrogen and oxygen atoms in total. The number of aromatic nitrogens is 2. The lowest BCUT2D eigenvalue weighted by atomic mass is 10.0. The molecular formula is C14H25Cl2N5OS. The summed E-state index contributed by atoms with van der Waals surface area (Å²) < 4.78 is 4.25. The molecule has 2 aliphatic rings. The van der Waals surface area contributed by atoms with Crippen molar-refractivity contribution < 1.29 is 4.79 Å². The third-order valence-corrected chi connectivity index (χ3v) is 5.07. The van der Waals surface area contributed by atoms with Crippen LogP contribution in [0.2, 0.25) is 0 Å². The standard InChI is InChI=1S/C14H23N5OS.2ClH/c1-11-16-14(21-17-11)19-8-4-7-18(9-10-19)13(20)12-5-2-3-6-15-12;;/h12,15H,2-10H2,1H3;2*1H/t12-;;/m1../s1. The molecule has 0 aliphatic carbocycles. The molecule has 0 radical (unpaired) electrons. The first-order valence-electron chi connectivity index (χ1n) is 7.81. The normalized spacial score (nSPS) is 21.9. The number of nitrogens with zero attached hydrogens (tertiary/aromatic N) is 4. The third kappa shape index (κ3) is 5.17. The maximum absolute atomic E-state index is 12.6. The van der Waals surface area contributed by atoms with Crippen molar-refractivity contribution >= 4 is 47.4 Å². The molecule has 132 valence electrons. The summed E-state index contributed by atoms with van der Waals surface area (Å²) in [5.41, 5.74) is 0. The lowest BCUT2D eigenvalue weighted by molar-refractivity contribution is -0.133. The number of anilines is 1. The van der Waals surface area contributed by atoms with E-state index in [-0.39, 0.29) is 36.8 Å². The Balaban J connectivity index is 0.00000132. The molecule has 0 unspecified atom stereocenters. The zero-order valence-electron chi connectivity index (χ0n) is 13.4. The van der Waals surface area contributed by atoms with Gasteiger partial charge in [0, 0.05) is 37.7 Å². The van der Waals surface area contributed by atoms with Crippen LogP contribution in [0.15, 0.2) is 0 Å². The van der Waals surface area contributed by atoms with Crippen molar-refractivity contribution in [3.8, 4) is 0 Å². The van der Waals surface area contributed by atoms with Crippen LogP contribution in [0.5, 0.6) is 0 Å². The van der Waals surface area contributed by atoms with E-state index in [1.807, 2.05) is 11.8 Å². The van der Waals surface area contributed by atoms with Crippen molar-refractivity contribution in [2.75, 3.05) is 37.6 Å². The molecule has 1 aromatic rings. The van der Waals surface area contributed by atoms with Crippen molar-refractivity contribution in [1.29, 1.82) is 0 Å². The Morgan fingerprint density at radius 2 is 2.00 bits per heavy atom. The number of rotatable bonds is 2. The zero-order chi connectivity index (χ0) is 14.7. The molecule has 2 aliphatic heterocycles. The van der Waals surface area contributed by atoms with E-state index in [0.717, 1.165) is 62.9 Å². The fraction of sp³-hybridized carbons (Fsp3) is 0.786. The summed E-state index contributed by atoms with van der Waals surface area (Å²) in [6.45, 7) is 6.34. The predicted molar refractivity (Wildman–Crippen MR) is 98.2 cm³/mol. The summed E-state index contributed by atoms with van der Waals surface area (Å²) >= 11 is 1.45. The molecule has 1 N–H and O–H groups in total. The van der Waals surface area contributed by atoms with Crippen LogP contribution in [0.1, 0.15) is 31.5 Å². The smallest absolute Gasteiger partial charge is 0.239 e. The number of piperidine rings is 1. The van der Waals surface area contributed by atoms with Crippen LogP contribution < -0.4 is 10.2 Å². The van der Waals surface area contributed by atoms with Gasteiger partial charge in [0.25, 0.3) is 0 Å². The SMILES string of the molecule is Cc1nsc(N2CCCN(C(=O)[C@H]3CCCCN3)CC2)n1.Cl.Cl. The molecule has 0 saturated carbocycles. The second-order valence-corrected chi connectivity index (χ2v) is 6.52. The number of hydrogen-bond donors (Lipinski definition) is 1. The van der Waals surface area contributed by atoms with Crippen molar-refractivity contribution in [2.24, 2.45) is 0 Å². The Hall–Kier alpha value is -0.630. The van der Waals surface area contributed by atoms with Gasteiger partial charge in [0.15, 0.2) is 0 Å². The Morgan fingerprint density at radius 3 is 2.65 bits per heavy atom. The van der Waals surface area contributed by atoms with Gasteiger partial charge in [0.2, 0.25) is 11.0 Å². The average molecular weight is 382 g/mol. The first-order chi connectivity index (χ1) is 10.2. The molecule has 2 fully saturated rings. The molecule has 3 heterocycles. The van der Waals surface area contributed by atoms with Crippen LogP contribution in [-0.2, 0) is 4.79 Å². The molecule has 0 bridgehead atoms. The fourth-order valence-corrected chi connectivity index (χ4v) is 3.75. The van der Waals surface area contributed by atoms with E-state index in [0.29, 0.717) is 0 Å². The van der Waals surface area contributed by atoms with Gasteiger partial charge in [-0.15, -0.1) is 24.8 Å². The summed E-state index contributed by atoms with van der Waals surface area (Å²) in [5.74, 6) is 1.11. The molecule has 1 amide bonds. The number of halogens is 2. The van der Waals surface area contributed by atoms with Crippen molar-refractivity contribution in [2.45, 2.75) is 38.6 Å². The van der Waals surface area contributed by atoms with Crippen LogP contribution in [-0.4, -0.2) is 58.9 Å². The van der Waals surface area contributed by atoms with Gasteiger partial charge in [0.05, 0.1) is 6.04 Å². The molecular weight excluding hydrogens is 357 g/mol. The van der Waals surface area contributed by atoms with E-state index in [1.54, 1.807) is 0 Å². The average Bonchev–Trinajstić information content (AvgIpc) is 2.81. The molecule has 1 aromatic heterocycles. The van der Waals surface area contributed by atoms with Gasteiger partial charge >= 0.3 is 0 Å². The number of hydrogen-bond acceptors (Lipinski definition) is 6. The third-order valence-electron chi connectivity index (χ3n) is 4.20. The Morgan fingerprint density at radius 1 is 1.17 bits per heavy atom. The number of carbonyl (C=O) groups is 1. The summed E-state index contributed by atoms with van der Waals surface area (Å²) in [4.78, 5) is 21.3. The highest BCUT2D eigenvalue weighted by molar-refractivity contribution is 7.09. The van der Waals surface area contributed by atoms with Crippen LogP contribution in [0.3, 0.4) is 0 Å². The number of nitrogens with one attached hydrogen (secondary N) is 1. The van der Waals surface area contributed by atoms with Crippen LogP contribution >= 0.6 is 36.3 Å². The van der Waals surface area contributed by atoms with E-state index in [2.05, 4.69) is 19.6 Å². The highest BCUT2D eigenvalue weighted by atomic mass is 35.5. The largest absolute Gasteiger partial charge is 0.345 e. The first-order valence-corrected chi connectivity index (χ1v) is 8.59. The number of aryl methyl sites for hydroxylation is 1. The molecule has 1 atom stereocenters. The number of amides is 1. The van der Waals surface area contributed by atoms with Gasteiger partial charge in [-0.1, -0.05) is 6.42 Å². The topological polar surface area (TPSA) is 61.4 Å². The first kappa shape index (κ1) is 20.4. The predicted octanol–water partition coefficient (Wildman–Crippen LogP) is 1.87. The molecule has 0 spiro atoms. The molecule has 9 heteroatoms. The minimum atomic E-state index is 0. The van der Waals surface area contributed by atoms with E-state index >= 15 is 0 Å². The molecule has 23 heavy (non-hydrogen) atoms. The van der Waals surface area contributed by atoms with E-state index in [9.17, 15) is 4.79 Å². The molecule has 0 aromatic carbocycles. The highest BCUT2D eigenvalue weighted by Gasteiger charge is 2.27. The van der Waals surface area contributed by atoms with Crippen molar-refractivity contribution in [1.82, 2.24) is 19.6 Å². The highest BCUT2D eigenvalue weighted by Crippen LogP contribution is 2.19. The van der Waals surface area contributed by atoms with Gasteiger partial charge < -0.3 is 15.1 Å². The summed E-state index contributed by atoms with van der Waals surface area (Å²) in [7, 11) is 0. The van der Waals surface area contributed by atoms with E-state index < -0.39 is 0 Å². The second kappa shape index (κ2) is 9.61. The van der Waals surface area contributed by atoms with Gasteiger partial charge in [-0.2, -0.15) is 4.37 Å². The summed E-state index contributed by atoms with van der Waals surface area (Å²) in [5, 5.41) is 4.34. The van der Waals surface area contributed by atoms with E-state index in [1.165, 1.54) is 18.0 Å². The maximum Gasteiger partial charge on any atom is 0.239 e. The maximum atomic E-state index is 12.6. The molecule has 3 rings (SSSR count). The minimum absolute atomic E-state index is 0. The lowest BCUT2D eigenvalue weighted by Gasteiger charge is -2.29. The Labute approximate surface area is 154 Å². The van der Waals surface area contributed by atoms with Crippen LogP contribution in [0.4, 0.5) is 5.13 Å². The Kier molecular flexibility index (Phi) is 8.53. The van der Waals surface area contributed by atoms with Crippen molar-refractivity contribution in [3.05, 3.63) is 5.82 Å². The van der Waals surface area contributed by atoms with Gasteiger partial charge in [-0.05, 0) is 32.7 Å². The fourth-order valence-electron chi connectivity index (χ4n) is 3.03.